The molecule has 0 saturated heterocycles. The smallest absolute Gasteiger partial charge is 0.276 e. The summed E-state index contributed by atoms with van der Waals surface area (Å²) in [5.41, 5.74) is 0.574. The second-order valence-electron chi connectivity index (χ2n) is 6.26. The predicted octanol–water partition coefficient (Wildman–Crippen LogP) is 1.84. The van der Waals surface area contributed by atoms with E-state index in [9.17, 15) is 4.79 Å². The molecule has 0 atom stereocenters. The van der Waals surface area contributed by atoms with E-state index < -0.39 is 5.72 Å². The average Bonchev–Trinajstić information content (AvgIpc) is 3.07. The molecule has 0 unspecified atom stereocenters. The van der Waals surface area contributed by atoms with Gasteiger partial charge in [-0.25, -0.2) is 19.9 Å². The normalized spacial score (nSPS) is 16.0. The van der Waals surface area contributed by atoms with E-state index in [0.29, 0.717) is 23.9 Å². The molecular formula is C17H22N6O2. The predicted molar refractivity (Wildman–Crippen MR) is 94.3 cm³/mol. The molecule has 3 heterocycles. The highest BCUT2D eigenvalue weighted by molar-refractivity contribution is 6.06. The monoisotopic (exact) mass is 342 g/mol. The fraction of sp³-hybridized carbons (Fsp3) is 0.412. The molecule has 0 saturated carbocycles. The van der Waals surface area contributed by atoms with Gasteiger partial charge in [-0.2, -0.15) is 0 Å². The first-order valence-electron chi connectivity index (χ1n) is 8.10. The molecular weight excluding hydrogens is 320 g/mol. The lowest BCUT2D eigenvalue weighted by atomic mass is 10.3. The number of amidine groups is 1. The maximum Gasteiger partial charge on any atom is 0.276 e. The summed E-state index contributed by atoms with van der Waals surface area (Å²) in [5.74, 6) is 1.04. The number of aliphatic imine (C=N–C) groups is 1. The summed E-state index contributed by atoms with van der Waals surface area (Å²) in [6.07, 6.45) is 4.92. The maximum atomic E-state index is 13.0. The van der Waals surface area contributed by atoms with Crippen molar-refractivity contribution in [1.82, 2.24) is 19.6 Å². The number of amides is 1. The van der Waals surface area contributed by atoms with Crippen LogP contribution in [0.15, 0.2) is 35.7 Å². The van der Waals surface area contributed by atoms with Crippen molar-refractivity contribution in [3.05, 3.63) is 42.2 Å². The largest absolute Gasteiger partial charge is 0.320 e. The fourth-order valence-corrected chi connectivity index (χ4v) is 2.83. The quantitative estimate of drug-likeness (QED) is 0.847. The van der Waals surface area contributed by atoms with E-state index in [1.165, 1.54) is 0 Å². The summed E-state index contributed by atoms with van der Waals surface area (Å²) >= 11 is 0. The number of hydroxylamine groups is 2. The van der Waals surface area contributed by atoms with Crippen molar-refractivity contribution in [3.63, 3.8) is 0 Å². The van der Waals surface area contributed by atoms with Crippen molar-refractivity contribution in [2.45, 2.75) is 26.5 Å². The van der Waals surface area contributed by atoms with Crippen molar-refractivity contribution in [2.24, 2.45) is 12.0 Å². The van der Waals surface area contributed by atoms with Gasteiger partial charge in [-0.05, 0) is 32.9 Å². The molecule has 8 heteroatoms. The van der Waals surface area contributed by atoms with E-state index in [0.717, 1.165) is 5.69 Å². The maximum absolute atomic E-state index is 13.0. The first-order valence-corrected chi connectivity index (χ1v) is 8.10. The van der Waals surface area contributed by atoms with E-state index in [4.69, 9.17) is 4.84 Å². The summed E-state index contributed by atoms with van der Waals surface area (Å²) < 4.78 is 1.74. The van der Waals surface area contributed by atoms with Crippen molar-refractivity contribution in [2.75, 3.05) is 18.5 Å². The van der Waals surface area contributed by atoms with Crippen LogP contribution in [0.2, 0.25) is 0 Å². The number of carbonyl (C=O) groups is 1. The van der Waals surface area contributed by atoms with Gasteiger partial charge < -0.3 is 9.47 Å². The number of hydrogen-bond donors (Lipinski definition) is 0. The Labute approximate surface area is 146 Å². The van der Waals surface area contributed by atoms with Gasteiger partial charge in [0.1, 0.15) is 5.69 Å². The van der Waals surface area contributed by atoms with E-state index in [2.05, 4.69) is 15.0 Å². The molecule has 1 amide bonds. The molecule has 8 nitrogen and oxygen atoms in total. The topological polar surface area (TPSA) is 75.9 Å². The Balaban J connectivity index is 1.95. The number of nitrogens with zero attached hydrogens (tertiary/aromatic N) is 6. The van der Waals surface area contributed by atoms with Crippen LogP contribution in [-0.2, 0) is 11.9 Å². The van der Waals surface area contributed by atoms with Crippen LogP contribution < -0.4 is 4.90 Å². The fourth-order valence-electron chi connectivity index (χ4n) is 2.83. The summed E-state index contributed by atoms with van der Waals surface area (Å²) in [7, 11) is 3.58. The molecule has 0 aliphatic carbocycles. The van der Waals surface area contributed by atoms with Gasteiger partial charge in [0.15, 0.2) is 17.4 Å². The molecule has 0 aromatic carbocycles. The van der Waals surface area contributed by atoms with Crippen LogP contribution in [0.1, 0.15) is 37.1 Å². The third-order valence-electron chi connectivity index (χ3n) is 3.96. The molecule has 0 fully saturated rings. The second kappa shape index (κ2) is 6.29. The van der Waals surface area contributed by atoms with Gasteiger partial charge in [0.05, 0.1) is 18.1 Å². The molecule has 2 aromatic heterocycles. The number of pyridine rings is 1. The zero-order chi connectivity index (χ0) is 18.2. The van der Waals surface area contributed by atoms with Crippen LogP contribution in [0.3, 0.4) is 0 Å². The van der Waals surface area contributed by atoms with Gasteiger partial charge in [0, 0.05) is 26.8 Å². The molecule has 2 aromatic rings. The van der Waals surface area contributed by atoms with Gasteiger partial charge in [-0.15, -0.1) is 0 Å². The molecule has 0 spiro atoms. The summed E-state index contributed by atoms with van der Waals surface area (Å²) in [5, 5.41) is 1.58. The molecule has 0 bridgehead atoms. The zero-order valence-electron chi connectivity index (χ0n) is 15.1. The van der Waals surface area contributed by atoms with Crippen LogP contribution in [-0.4, -0.2) is 50.7 Å². The summed E-state index contributed by atoms with van der Waals surface area (Å²) in [4.78, 5) is 33.3. The van der Waals surface area contributed by atoms with Gasteiger partial charge in [-0.3, -0.25) is 9.78 Å². The zero-order valence-corrected chi connectivity index (χ0v) is 15.1. The number of hydrogen-bond acceptors (Lipinski definition) is 6. The Kier molecular flexibility index (Phi) is 4.30. The van der Waals surface area contributed by atoms with Crippen LogP contribution in [0.5, 0.6) is 0 Å². The third kappa shape index (κ3) is 3.12. The van der Waals surface area contributed by atoms with E-state index >= 15 is 0 Å². The lowest BCUT2D eigenvalue weighted by Crippen LogP contribution is -2.33. The van der Waals surface area contributed by atoms with E-state index in [1.807, 2.05) is 32.9 Å². The van der Waals surface area contributed by atoms with Crippen molar-refractivity contribution in [1.29, 1.82) is 0 Å². The SMILES string of the molecule is CCN(C(=O)c1cnc(C2=NC(C)(C)ON2C)n1C)c1cccnc1. The third-order valence-corrected chi connectivity index (χ3v) is 3.96. The Morgan fingerprint density at radius 3 is 2.64 bits per heavy atom. The van der Waals surface area contributed by atoms with Gasteiger partial charge in [0.25, 0.3) is 5.91 Å². The van der Waals surface area contributed by atoms with Gasteiger partial charge in [0.2, 0.25) is 0 Å². The van der Waals surface area contributed by atoms with Crippen molar-refractivity contribution >= 4 is 17.4 Å². The number of carbonyl (C=O) groups excluding carboxylic acids is 1. The molecule has 132 valence electrons. The number of aromatic nitrogens is 3. The van der Waals surface area contributed by atoms with E-state index in [-0.39, 0.29) is 5.91 Å². The lowest BCUT2D eigenvalue weighted by Gasteiger charge is -2.21. The molecule has 3 rings (SSSR count). The standard InChI is InChI=1S/C17H22N6O2/c1-6-23(12-8-7-9-18-10-12)16(24)13-11-19-14(21(13)4)15-20-17(2,3)25-22(15)5/h7-11H,6H2,1-5H3. The van der Waals surface area contributed by atoms with Crippen molar-refractivity contribution < 1.29 is 9.63 Å². The minimum Gasteiger partial charge on any atom is -0.320 e. The van der Waals surface area contributed by atoms with Gasteiger partial charge >= 0.3 is 0 Å². The van der Waals surface area contributed by atoms with Crippen LogP contribution in [0.25, 0.3) is 0 Å². The average molecular weight is 342 g/mol. The van der Waals surface area contributed by atoms with Crippen LogP contribution >= 0.6 is 0 Å². The number of rotatable bonds is 4. The summed E-state index contributed by atoms with van der Waals surface area (Å²) in [6, 6.07) is 3.67. The molecule has 0 radical (unpaired) electrons. The van der Waals surface area contributed by atoms with Crippen molar-refractivity contribution in [3.8, 4) is 0 Å². The Bertz CT molecular complexity index is 812. The highest BCUT2D eigenvalue weighted by Gasteiger charge is 2.34. The van der Waals surface area contributed by atoms with Crippen LogP contribution in [0.4, 0.5) is 5.69 Å². The molecule has 1 aliphatic rings. The summed E-state index contributed by atoms with van der Waals surface area (Å²) in [6.45, 7) is 6.19. The van der Waals surface area contributed by atoms with Gasteiger partial charge in [-0.1, -0.05) is 0 Å². The lowest BCUT2D eigenvalue weighted by molar-refractivity contribution is -0.148. The number of imidazole rings is 1. The first-order chi connectivity index (χ1) is 11.8. The Morgan fingerprint density at radius 2 is 2.08 bits per heavy atom. The minimum atomic E-state index is -0.647. The Morgan fingerprint density at radius 1 is 1.32 bits per heavy atom. The highest BCUT2D eigenvalue weighted by Crippen LogP contribution is 2.24. The molecule has 0 N–H and O–H groups in total. The number of anilines is 1. The first kappa shape index (κ1) is 17.1. The molecule has 1 aliphatic heterocycles. The molecule has 25 heavy (non-hydrogen) atoms. The highest BCUT2D eigenvalue weighted by atomic mass is 16.7. The van der Waals surface area contributed by atoms with E-state index in [1.54, 1.807) is 47.2 Å². The second-order valence-corrected chi connectivity index (χ2v) is 6.26. The van der Waals surface area contributed by atoms with Crippen LogP contribution in [0, 0.1) is 0 Å². The minimum absolute atomic E-state index is 0.141. The Hall–Kier alpha value is -2.74.